The van der Waals surface area contributed by atoms with Crippen LogP contribution in [0.2, 0.25) is 0 Å². The van der Waals surface area contributed by atoms with Crippen LogP contribution >= 0.6 is 11.3 Å². The van der Waals surface area contributed by atoms with Gasteiger partial charge >= 0.3 is 0 Å². The number of hydrazone groups is 1. The Morgan fingerprint density at radius 3 is 2.89 bits per heavy atom. The molecule has 2 rings (SSSR count). The van der Waals surface area contributed by atoms with Crippen LogP contribution in [0.4, 0.5) is 0 Å². The molecular formula is C15H16N2OS. The summed E-state index contributed by atoms with van der Waals surface area (Å²) in [5, 5.41) is 5.91. The average molecular weight is 272 g/mol. The predicted octanol–water partition coefficient (Wildman–Crippen LogP) is 3.06. The van der Waals surface area contributed by atoms with Crippen LogP contribution in [0.3, 0.4) is 0 Å². The maximum atomic E-state index is 11.8. The van der Waals surface area contributed by atoms with Crippen LogP contribution in [0.25, 0.3) is 0 Å². The van der Waals surface area contributed by atoms with Crippen LogP contribution in [0.15, 0.2) is 40.8 Å². The van der Waals surface area contributed by atoms with Crippen molar-refractivity contribution >= 4 is 23.5 Å². The Morgan fingerprint density at radius 1 is 1.37 bits per heavy atom. The lowest BCUT2D eigenvalue weighted by Crippen LogP contribution is -2.20. The van der Waals surface area contributed by atoms with E-state index in [9.17, 15) is 4.79 Å². The summed E-state index contributed by atoms with van der Waals surface area (Å²) in [5.41, 5.74) is 5.93. The summed E-state index contributed by atoms with van der Waals surface area (Å²) < 4.78 is 0. The van der Waals surface area contributed by atoms with Gasteiger partial charge in [-0.1, -0.05) is 29.8 Å². The fraction of sp³-hybridized carbons (Fsp3) is 0.200. The number of rotatable bonds is 4. The molecule has 1 aromatic heterocycles. The molecule has 0 saturated carbocycles. The Bertz CT molecular complexity index is 588. The van der Waals surface area contributed by atoms with Crippen molar-refractivity contribution in [3.63, 3.8) is 0 Å². The van der Waals surface area contributed by atoms with Gasteiger partial charge in [-0.15, -0.1) is 11.3 Å². The molecule has 0 atom stereocenters. The van der Waals surface area contributed by atoms with Gasteiger partial charge in [-0.2, -0.15) is 5.10 Å². The summed E-state index contributed by atoms with van der Waals surface area (Å²) in [6.45, 7) is 4.06. The number of carbonyl (C=O) groups excluding carboxylic acids is 1. The molecule has 0 aliphatic heterocycles. The number of hydrogen-bond acceptors (Lipinski definition) is 3. The standard InChI is InChI=1S/C15H16N2OS/c1-11-5-6-13(12(2)8-11)9-15(18)17-16-10-14-4-3-7-19-14/h3-8,10H,9H2,1-2H3,(H,17,18)/b16-10+. The summed E-state index contributed by atoms with van der Waals surface area (Å²) in [7, 11) is 0. The van der Waals surface area contributed by atoms with Crippen molar-refractivity contribution in [1.29, 1.82) is 0 Å². The molecule has 2 aromatic rings. The number of carbonyl (C=O) groups is 1. The second-order valence-electron chi connectivity index (χ2n) is 4.42. The highest BCUT2D eigenvalue weighted by Gasteiger charge is 2.04. The van der Waals surface area contributed by atoms with Crippen LogP contribution in [0, 0.1) is 13.8 Å². The number of nitrogens with zero attached hydrogens (tertiary/aromatic N) is 1. The summed E-state index contributed by atoms with van der Waals surface area (Å²) in [6, 6.07) is 9.99. The number of hydrogen-bond donors (Lipinski definition) is 1. The molecule has 0 saturated heterocycles. The van der Waals surface area contributed by atoms with E-state index in [1.807, 2.05) is 43.5 Å². The smallest absolute Gasteiger partial charge is 0.244 e. The van der Waals surface area contributed by atoms with Crippen molar-refractivity contribution in [3.05, 3.63) is 57.3 Å². The highest BCUT2D eigenvalue weighted by molar-refractivity contribution is 7.11. The second-order valence-corrected chi connectivity index (χ2v) is 5.39. The molecule has 4 heteroatoms. The van der Waals surface area contributed by atoms with Gasteiger partial charge in [0.05, 0.1) is 12.6 Å². The topological polar surface area (TPSA) is 41.5 Å². The highest BCUT2D eigenvalue weighted by Crippen LogP contribution is 2.11. The zero-order valence-electron chi connectivity index (χ0n) is 11.0. The molecule has 0 aliphatic rings. The number of amides is 1. The first kappa shape index (κ1) is 13.5. The third-order valence-corrected chi connectivity index (χ3v) is 3.58. The summed E-state index contributed by atoms with van der Waals surface area (Å²) in [4.78, 5) is 12.8. The monoisotopic (exact) mass is 272 g/mol. The van der Waals surface area contributed by atoms with E-state index in [0.29, 0.717) is 6.42 Å². The first-order chi connectivity index (χ1) is 9.15. The van der Waals surface area contributed by atoms with Crippen molar-refractivity contribution < 1.29 is 4.79 Å². The van der Waals surface area contributed by atoms with Gasteiger partial charge in [0.1, 0.15) is 0 Å². The zero-order valence-corrected chi connectivity index (χ0v) is 11.8. The Kier molecular flexibility index (Phi) is 4.47. The minimum atomic E-state index is -0.0974. The van der Waals surface area contributed by atoms with Crippen LogP contribution in [-0.2, 0) is 11.2 Å². The summed E-state index contributed by atoms with van der Waals surface area (Å²) in [5.74, 6) is -0.0974. The summed E-state index contributed by atoms with van der Waals surface area (Å²) >= 11 is 1.58. The van der Waals surface area contributed by atoms with Crippen molar-refractivity contribution in [1.82, 2.24) is 5.43 Å². The van der Waals surface area contributed by atoms with Gasteiger partial charge < -0.3 is 0 Å². The molecule has 1 aromatic carbocycles. The third kappa shape index (κ3) is 4.03. The van der Waals surface area contributed by atoms with Crippen molar-refractivity contribution in [2.75, 3.05) is 0 Å². The molecule has 0 unspecified atom stereocenters. The number of nitrogens with one attached hydrogen (secondary N) is 1. The highest BCUT2D eigenvalue weighted by atomic mass is 32.1. The van der Waals surface area contributed by atoms with Gasteiger partial charge in [0, 0.05) is 4.88 Å². The van der Waals surface area contributed by atoms with Gasteiger partial charge in [-0.05, 0) is 36.4 Å². The Balaban J connectivity index is 1.91. The Hall–Kier alpha value is -1.94. The average Bonchev–Trinajstić information content (AvgIpc) is 2.86. The van der Waals surface area contributed by atoms with E-state index in [2.05, 4.69) is 16.6 Å². The zero-order chi connectivity index (χ0) is 13.7. The van der Waals surface area contributed by atoms with Crippen molar-refractivity contribution in [2.24, 2.45) is 5.10 Å². The van der Waals surface area contributed by atoms with Gasteiger partial charge in [0.2, 0.25) is 5.91 Å². The minimum Gasteiger partial charge on any atom is -0.273 e. The second kappa shape index (κ2) is 6.29. The maximum absolute atomic E-state index is 11.8. The fourth-order valence-corrected chi connectivity index (χ4v) is 2.37. The van der Waals surface area contributed by atoms with Crippen LogP contribution in [0.5, 0.6) is 0 Å². The van der Waals surface area contributed by atoms with Crippen molar-refractivity contribution in [2.45, 2.75) is 20.3 Å². The molecule has 3 nitrogen and oxygen atoms in total. The van der Waals surface area contributed by atoms with E-state index < -0.39 is 0 Å². The first-order valence-corrected chi connectivity index (χ1v) is 6.94. The third-order valence-electron chi connectivity index (χ3n) is 2.77. The van der Waals surface area contributed by atoms with Gasteiger partial charge in [0.25, 0.3) is 0 Å². The van der Waals surface area contributed by atoms with E-state index in [-0.39, 0.29) is 5.91 Å². The molecule has 0 fully saturated rings. The lowest BCUT2D eigenvalue weighted by Gasteiger charge is -2.05. The number of thiophene rings is 1. The molecule has 0 spiro atoms. The summed E-state index contributed by atoms with van der Waals surface area (Å²) in [6.07, 6.45) is 2.01. The van der Waals surface area contributed by atoms with Gasteiger partial charge in [-0.3, -0.25) is 4.79 Å². The number of aryl methyl sites for hydroxylation is 2. The van der Waals surface area contributed by atoms with E-state index >= 15 is 0 Å². The fourth-order valence-electron chi connectivity index (χ4n) is 1.79. The molecule has 0 aliphatic carbocycles. The molecule has 1 N–H and O–H groups in total. The molecule has 1 amide bonds. The lowest BCUT2D eigenvalue weighted by atomic mass is 10.0. The van der Waals surface area contributed by atoms with E-state index in [0.717, 1.165) is 16.0 Å². The Labute approximate surface area is 117 Å². The van der Waals surface area contributed by atoms with Crippen LogP contribution in [0.1, 0.15) is 21.6 Å². The molecule has 19 heavy (non-hydrogen) atoms. The molecule has 0 bridgehead atoms. The largest absolute Gasteiger partial charge is 0.273 e. The lowest BCUT2D eigenvalue weighted by molar-refractivity contribution is -0.120. The molecular weight excluding hydrogens is 256 g/mol. The maximum Gasteiger partial charge on any atom is 0.244 e. The molecule has 98 valence electrons. The normalized spacial score (nSPS) is 10.8. The number of benzene rings is 1. The van der Waals surface area contributed by atoms with E-state index in [4.69, 9.17) is 0 Å². The van der Waals surface area contributed by atoms with Crippen LogP contribution in [-0.4, -0.2) is 12.1 Å². The Morgan fingerprint density at radius 2 is 2.21 bits per heavy atom. The van der Waals surface area contributed by atoms with Crippen molar-refractivity contribution in [3.8, 4) is 0 Å². The molecule has 0 radical (unpaired) electrons. The minimum absolute atomic E-state index is 0.0974. The SMILES string of the molecule is Cc1ccc(CC(=O)N/N=C/c2cccs2)c(C)c1. The molecule has 1 heterocycles. The van der Waals surface area contributed by atoms with Crippen LogP contribution < -0.4 is 5.43 Å². The van der Waals surface area contributed by atoms with E-state index in [1.54, 1.807) is 17.6 Å². The van der Waals surface area contributed by atoms with Gasteiger partial charge in [-0.25, -0.2) is 5.43 Å². The quantitative estimate of drug-likeness (QED) is 0.674. The predicted molar refractivity (Wildman–Crippen MR) is 79.7 cm³/mol. The van der Waals surface area contributed by atoms with E-state index in [1.165, 1.54) is 5.56 Å². The van der Waals surface area contributed by atoms with Gasteiger partial charge in [0.15, 0.2) is 0 Å². The first-order valence-electron chi connectivity index (χ1n) is 6.06.